The Hall–Kier alpha value is -2.37. The molecule has 5 nitrogen and oxygen atoms in total. The first kappa shape index (κ1) is 17.5. The number of imidazole rings is 1. The molecule has 0 saturated carbocycles. The first-order valence-electron chi connectivity index (χ1n) is 8.64. The molecule has 1 atom stereocenters. The van der Waals surface area contributed by atoms with Gasteiger partial charge < -0.3 is 14.8 Å². The zero-order valence-corrected chi connectivity index (χ0v) is 15.0. The van der Waals surface area contributed by atoms with E-state index in [4.69, 9.17) is 0 Å². The van der Waals surface area contributed by atoms with Gasteiger partial charge in [0.25, 0.3) is 0 Å². The maximum absolute atomic E-state index is 14.4. The molecule has 0 radical (unpaired) electrons. The monoisotopic (exact) mass is 344 g/mol. The second-order valence-electron chi connectivity index (χ2n) is 7.49. The summed E-state index contributed by atoms with van der Waals surface area (Å²) in [6, 6.07) is 5.70. The molecule has 1 aliphatic heterocycles. The molecule has 134 valence electrons. The molecule has 1 fully saturated rings. The molecule has 1 aromatic carbocycles. The number of likely N-dealkylation sites (tertiary alicyclic amines) is 1. The van der Waals surface area contributed by atoms with Crippen molar-refractivity contribution in [1.29, 1.82) is 0 Å². The molecule has 1 unspecified atom stereocenters. The largest absolute Gasteiger partial charge is 0.336 e. The Kier molecular flexibility index (Phi) is 4.79. The molecule has 6 heteroatoms. The number of hydrogen-bond acceptors (Lipinski definition) is 2. The number of rotatable bonds is 3. The summed E-state index contributed by atoms with van der Waals surface area (Å²) in [4.78, 5) is 19.0. The predicted molar refractivity (Wildman–Crippen MR) is 94.6 cm³/mol. The van der Waals surface area contributed by atoms with E-state index in [9.17, 15) is 9.18 Å². The smallest absolute Gasteiger partial charge is 0.318 e. The van der Waals surface area contributed by atoms with Gasteiger partial charge in [0.2, 0.25) is 0 Å². The zero-order chi connectivity index (χ0) is 18.0. The summed E-state index contributed by atoms with van der Waals surface area (Å²) in [7, 11) is 1.84. The average molecular weight is 344 g/mol. The van der Waals surface area contributed by atoms with Gasteiger partial charge in [0.1, 0.15) is 17.7 Å². The number of hydrogen-bond donors (Lipinski definition) is 1. The number of carbonyl (C=O) groups is 1. The Balaban J connectivity index is 1.87. The number of piperidine rings is 1. The highest BCUT2D eigenvalue weighted by atomic mass is 19.1. The normalized spacial score (nSPS) is 18.0. The Morgan fingerprint density at radius 1 is 1.36 bits per heavy atom. The number of amides is 2. The van der Waals surface area contributed by atoms with Crippen molar-refractivity contribution in [2.45, 2.75) is 32.7 Å². The van der Waals surface area contributed by atoms with E-state index >= 15 is 0 Å². The van der Waals surface area contributed by atoms with Crippen LogP contribution in [0.1, 0.15) is 44.1 Å². The van der Waals surface area contributed by atoms with Crippen LogP contribution >= 0.6 is 0 Å². The van der Waals surface area contributed by atoms with Gasteiger partial charge >= 0.3 is 6.03 Å². The van der Waals surface area contributed by atoms with E-state index in [1.54, 1.807) is 35.2 Å². The van der Waals surface area contributed by atoms with Crippen LogP contribution in [0.3, 0.4) is 0 Å². The predicted octanol–water partition coefficient (Wildman–Crippen LogP) is 3.48. The van der Waals surface area contributed by atoms with Gasteiger partial charge in [-0.1, -0.05) is 32.0 Å². The fourth-order valence-electron chi connectivity index (χ4n) is 3.46. The fraction of sp³-hybridized carbons (Fsp3) is 0.474. The van der Waals surface area contributed by atoms with Crippen LogP contribution in [0, 0.1) is 11.2 Å². The molecular weight excluding hydrogens is 319 g/mol. The quantitative estimate of drug-likeness (QED) is 0.927. The molecule has 1 aromatic heterocycles. The van der Waals surface area contributed by atoms with Crippen molar-refractivity contribution < 1.29 is 9.18 Å². The summed E-state index contributed by atoms with van der Waals surface area (Å²) in [5.41, 5.74) is 0.521. The summed E-state index contributed by atoms with van der Waals surface area (Å²) >= 11 is 0. The van der Waals surface area contributed by atoms with Gasteiger partial charge in [0.05, 0.1) is 0 Å². The number of aryl methyl sites for hydroxylation is 1. The van der Waals surface area contributed by atoms with Crippen molar-refractivity contribution in [1.82, 2.24) is 19.8 Å². The van der Waals surface area contributed by atoms with Gasteiger partial charge in [-0.3, -0.25) is 0 Å². The minimum absolute atomic E-state index is 0.103. The average Bonchev–Trinajstić information content (AvgIpc) is 2.98. The van der Waals surface area contributed by atoms with Crippen molar-refractivity contribution in [3.8, 4) is 0 Å². The zero-order valence-electron chi connectivity index (χ0n) is 15.0. The van der Waals surface area contributed by atoms with Crippen molar-refractivity contribution in [3.63, 3.8) is 0 Å². The lowest BCUT2D eigenvalue weighted by atomic mass is 9.84. The third kappa shape index (κ3) is 3.83. The second kappa shape index (κ2) is 6.86. The van der Waals surface area contributed by atoms with E-state index in [-0.39, 0.29) is 17.3 Å². The minimum Gasteiger partial charge on any atom is -0.336 e. The third-order valence-corrected chi connectivity index (χ3v) is 4.79. The van der Waals surface area contributed by atoms with E-state index in [0.717, 1.165) is 19.4 Å². The van der Waals surface area contributed by atoms with E-state index in [1.165, 1.54) is 6.07 Å². The van der Waals surface area contributed by atoms with Crippen LogP contribution in [-0.4, -0.2) is 33.6 Å². The number of benzene rings is 1. The molecule has 2 amide bonds. The Morgan fingerprint density at radius 3 is 2.76 bits per heavy atom. The summed E-state index contributed by atoms with van der Waals surface area (Å²) in [6.07, 6.45) is 5.53. The van der Waals surface area contributed by atoms with Crippen LogP contribution in [0.2, 0.25) is 0 Å². The SMILES string of the molecule is Cn1ccnc1C(NC(=O)N1CCCC(C)(C)C1)c1ccccc1F. The maximum atomic E-state index is 14.4. The highest BCUT2D eigenvalue weighted by molar-refractivity contribution is 5.75. The van der Waals surface area contributed by atoms with E-state index in [2.05, 4.69) is 24.1 Å². The van der Waals surface area contributed by atoms with Gasteiger partial charge in [0, 0.05) is 38.1 Å². The minimum atomic E-state index is -0.626. The topological polar surface area (TPSA) is 50.2 Å². The van der Waals surface area contributed by atoms with Crippen LogP contribution in [-0.2, 0) is 7.05 Å². The second-order valence-corrected chi connectivity index (χ2v) is 7.49. The van der Waals surface area contributed by atoms with Crippen LogP contribution < -0.4 is 5.32 Å². The number of urea groups is 1. The highest BCUT2D eigenvalue weighted by Crippen LogP contribution is 2.29. The van der Waals surface area contributed by atoms with Crippen LogP contribution in [0.5, 0.6) is 0 Å². The van der Waals surface area contributed by atoms with E-state index in [1.807, 2.05) is 11.9 Å². The van der Waals surface area contributed by atoms with Crippen molar-refractivity contribution in [2.24, 2.45) is 12.5 Å². The van der Waals surface area contributed by atoms with E-state index < -0.39 is 6.04 Å². The number of halogens is 1. The molecule has 1 aliphatic rings. The molecule has 1 saturated heterocycles. The van der Waals surface area contributed by atoms with Gasteiger partial charge in [-0.25, -0.2) is 14.2 Å². The molecular formula is C19H25FN4O. The van der Waals surface area contributed by atoms with Gasteiger partial charge in [-0.05, 0) is 24.3 Å². The molecule has 0 bridgehead atoms. The third-order valence-electron chi connectivity index (χ3n) is 4.79. The van der Waals surface area contributed by atoms with Crippen molar-refractivity contribution in [3.05, 3.63) is 53.9 Å². The Bertz CT molecular complexity index is 755. The van der Waals surface area contributed by atoms with Crippen molar-refractivity contribution in [2.75, 3.05) is 13.1 Å². The molecule has 2 aromatic rings. The lowest BCUT2D eigenvalue weighted by molar-refractivity contribution is 0.127. The number of nitrogens with zero attached hydrogens (tertiary/aromatic N) is 3. The number of carbonyl (C=O) groups excluding carboxylic acids is 1. The molecule has 2 heterocycles. The molecule has 0 aliphatic carbocycles. The molecule has 0 spiro atoms. The Morgan fingerprint density at radius 2 is 2.12 bits per heavy atom. The Labute approximate surface area is 147 Å². The summed E-state index contributed by atoms with van der Waals surface area (Å²) in [5.74, 6) is 0.254. The summed E-state index contributed by atoms with van der Waals surface area (Å²) < 4.78 is 16.2. The van der Waals surface area contributed by atoms with Crippen molar-refractivity contribution >= 4 is 6.03 Å². The highest BCUT2D eigenvalue weighted by Gasteiger charge is 2.31. The standard InChI is InChI=1S/C19H25FN4O/c1-19(2)9-6-11-24(13-19)18(25)22-16(17-21-10-12-23(17)3)14-7-4-5-8-15(14)20/h4-5,7-8,10,12,16H,6,9,11,13H2,1-3H3,(H,22,25). The maximum Gasteiger partial charge on any atom is 0.318 e. The molecule has 1 N–H and O–H groups in total. The van der Waals surface area contributed by atoms with Gasteiger partial charge in [-0.2, -0.15) is 0 Å². The van der Waals surface area contributed by atoms with E-state index in [0.29, 0.717) is 17.9 Å². The first-order valence-corrected chi connectivity index (χ1v) is 8.64. The van der Waals surface area contributed by atoms with Gasteiger partial charge in [0.15, 0.2) is 0 Å². The molecule has 25 heavy (non-hydrogen) atoms. The van der Waals surface area contributed by atoms with Crippen LogP contribution in [0.4, 0.5) is 9.18 Å². The van der Waals surface area contributed by atoms with Crippen LogP contribution in [0.15, 0.2) is 36.7 Å². The molecule has 3 rings (SSSR count). The fourth-order valence-corrected chi connectivity index (χ4v) is 3.46. The number of nitrogens with one attached hydrogen (secondary N) is 1. The lowest BCUT2D eigenvalue weighted by Gasteiger charge is -2.38. The number of aromatic nitrogens is 2. The lowest BCUT2D eigenvalue weighted by Crippen LogP contribution is -2.49. The summed E-state index contributed by atoms with van der Waals surface area (Å²) in [5, 5.41) is 2.99. The first-order chi connectivity index (χ1) is 11.9. The van der Waals surface area contributed by atoms with Gasteiger partial charge in [-0.15, -0.1) is 0 Å². The van der Waals surface area contributed by atoms with Crippen LogP contribution in [0.25, 0.3) is 0 Å². The summed E-state index contributed by atoms with van der Waals surface area (Å²) in [6.45, 7) is 5.75.